The Morgan fingerprint density at radius 1 is 1.17 bits per heavy atom. The SMILES string of the molecule is O=C(NC1CC(Nc2ccc(Br)c(Cl)c2)C1)OCc1ccccc1. The Balaban J connectivity index is 1.37. The van der Waals surface area contributed by atoms with Gasteiger partial charge in [0.15, 0.2) is 0 Å². The molecule has 0 aromatic heterocycles. The molecule has 0 unspecified atom stereocenters. The zero-order valence-corrected chi connectivity index (χ0v) is 15.3. The lowest BCUT2D eigenvalue weighted by Gasteiger charge is -2.36. The van der Waals surface area contributed by atoms with Crippen molar-refractivity contribution >= 4 is 39.3 Å². The van der Waals surface area contributed by atoms with E-state index < -0.39 is 0 Å². The molecule has 0 heterocycles. The van der Waals surface area contributed by atoms with Crippen LogP contribution in [0.5, 0.6) is 0 Å². The third-order valence-electron chi connectivity index (χ3n) is 3.96. The van der Waals surface area contributed by atoms with Gasteiger partial charge >= 0.3 is 6.09 Å². The number of ether oxygens (including phenoxy) is 1. The Labute approximate surface area is 154 Å². The first kappa shape index (κ1) is 17.1. The molecule has 3 rings (SSSR count). The summed E-state index contributed by atoms with van der Waals surface area (Å²) < 4.78 is 6.10. The number of amides is 1. The van der Waals surface area contributed by atoms with Crippen molar-refractivity contribution < 1.29 is 9.53 Å². The highest BCUT2D eigenvalue weighted by Crippen LogP contribution is 2.29. The fourth-order valence-electron chi connectivity index (χ4n) is 2.61. The van der Waals surface area contributed by atoms with E-state index >= 15 is 0 Å². The van der Waals surface area contributed by atoms with Crippen molar-refractivity contribution in [2.45, 2.75) is 31.5 Å². The number of halogens is 2. The summed E-state index contributed by atoms with van der Waals surface area (Å²) in [6.07, 6.45) is 1.37. The van der Waals surface area contributed by atoms with Crippen molar-refractivity contribution in [1.82, 2.24) is 5.32 Å². The number of alkyl carbamates (subject to hydrolysis) is 1. The van der Waals surface area contributed by atoms with Gasteiger partial charge in [-0.25, -0.2) is 4.79 Å². The predicted octanol–water partition coefficient (Wildman–Crippen LogP) is 4.97. The van der Waals surface area contributed by atoms with Crippen LogP contribution in [0.25, 0.3) is 0 Å². The summed E-state index contributed by atoms with van der Waals surface area (Å²) in [5, 5.41) is 6.98. The minimum absolute atomic E-state index is 0.150. The maximum atomic E-state index is 11.8. The number of benzene rings is 2. The molecule has 0 atom stereocenters. The van der Waals surface area contributed by atoms with Crippen LogP contribution in [0.3, 0.4) is 0 Å². The number of hydrogen-bond acceptors (Lipinski definition) is 3. The first-order chi connectivity index (χ1) is 11.6. The molecule has 0 spiro atoms. The first-order valence-corrected chi connectivity index (χ1v) is 8.96. The quantitative estimate of drug-likeness (QED) is 0.733. The van der Waals surface area contributed by atoms with Crippen LogP contribution in [0.1, 0.15) is 18.4 Å². The van der Waals surface area contributed by atoms with Crippen LogP contribution in [0.4, 0.5) is 10.5 Å². The van der Waals surface area contributed by atoms with Crippen LogP contribution >= 0.6 is 27.5 Å². The third-order valence-corrected chi connectivity index (χ3v) is 5.20. The summed E-state index contributed by atoms with van der Waals surface area (Å²) >= 11 is 9.45. The molecule has 2 aromatic rings. The molecule has 126 valence electrons. The van der Waals surface area contributed by atoms with Crippen LogP contribution in [-0.2, 0) is 11.3 Å². The Kier molecular flexibility index (Phi) is 5.63. The van der Waals surface area contributed by atoms with Gasteiger partial charge in [0.05, 0.1) is 5.02 Å². The summed E-state index contributed by atoms with van der Waals surface area (Å²) in [6.45, 7) is 0.290. The molecule has 2 N–H and O–H groups in total. The van der Waals surface area contributed by atoms with Crippen molar-refractivity contribution in [2.75, 3.05) is 5.32 Å². The minimum atomic E-state index is -0.367. The molecular formula is C18H18BrClN2O2. The Hall–Kier alpha value is -1.72. The van der Waals surface area contributed by atoms with Gasteiger partial charge in [0.1, 0.15) is 6.61 Å². The molecule has 1 aliphatic rings. The second-order valence-electron chi connectivity index (χ2n) is 5.84. The predicted molar refractivity (Wildman–Crippen MR) is 99.3 cm³/mol. The summed E-state index contributed by atoms with van der Waals surface area (Å²) in [5.74, 6) is 0. The molecule has 0 bridgehead atoms. The summed E-state index contributed by atoms with van der Waals surface area (Å²) in [4.78, 5) is 11.8. The van der Waals surface area contributed by atoms with E-state index in [1.54, 1.807) is 0 Å². The lowest BCUT2D eigenvalue weighted by molar-refractivity contribution is 0.129. The van der Waals surface area contributed by atoms with Gasteiger partial charge in [-0.2, -0.15) is 0 Å². The molecule has 4 nitrogen and oxygen atoms in total. The van der Waals surface area contributed by atoms with Crippen LogP contribution < -0.4 is 10.6 Å². The molecule has 0 aliphatic heterocycles. The molecule has 1 saturated carbocycles. The van der Waals surface area contributed by atoms with Crippen molar-refractivity contribution in [1.29, 1.82) is 0 Å². The topological polar surface area (TPSA) is 50.4 Å². The average Bonchev–Trinajstić information content (AvgIpc) is 2.55. The molecule has 1 amide bonds. The summed E-state index contributed by atoms with van der Waals surface area (Å²) in [5.41, 5.74) is 1.96. The van der Waals surface area contributed by atoms with E-state index in [1.807, 2.05) is 48.5 Å². The van der Waals surface area contributed by atoms with E-state index in [2.05, 4.69) is 26.6 Å². The summed E-state index contributed by atoms with van der Waals surface area (Å²) in [7, 11) is 0. The fourth-order valence-corrected chi connectivity index (χ4v) is 3.03. The molecule has 6 heteroatoms. The van der Waals surface area contributed by atoms with Crippen molar-refractivity contribution in [2.24, 2.45) is 0 Å². The maximum Gasteiger partial charge on any atom is 0.407 e. The smallest absolute Gasteiger partial charge is 0.407 e. The van der Waals surface area contributed by atoms with Gasteiger partial charge in [0.25, 0.3) is 0 Å². The number of carbonyl (C=O) groups excluding carboxylic acids is 1. The van der Waals surface area contributed by atoms with Gasteiger partial charge in [-0.15, -0.1) is 0 Å². The van der Waals surface area contributed by atoms with E-state index in [9.17, 15) is 4.79 Å². The maximum absolute atomic E-state index is 11.8. The average molecular weight is 410 g/mol. The van der Waals surface area contributed by atoms with Gasteiger partial charge in [0, 0.05) is 22.2 Å². The van der Waals surface area contributed by atoms with Crippen LogP contribution in [0.2, 0.25) is 5.02 Å². The summed E-state index contributed by atoms with van der Waals surface area (Å²) in [6, 6.07) is 15.9. The van der Waals surface area contributed by atoms with Gasteiger partial charge in [-0.1, -0.05) is 41.9 Å². The molecular weight excluding hydrogens is 392 g/mol. The highest BCUT2D eigenvalue weighted by atomic mass is 79.9. The fraction of sp³-hybridized carbons (Fsp3) is 0.278. The number of carbonyl (C=O) groups is 1. The van der Waals surface area contributed by atoms with Crippen molar-refractivity contribution in [3.05, 3.63) is 63.6 Å². The van der Waals surface area contributed by atoms with Gasteiger partial charge in [-0.3, -0.25) is 0 Å². The Morgan fingerprint density at radius 2 is 1.92 bits per heavy atom. The standard InChI is InChI=1S/C18H18BrClN2O2/c19-16-7-6-13(10-17(16)20)21-14-8-15(9-14)22-18(23)24-11-12-4-2-1-3-5-12/h1-7,10,14-15,21H,8-9,11H2,(H,22,23). The van der Waals surface area contributed by atoms with E-state index in [4.69, 9.17) is 16.3 Å². The Morgan fingerprint density at radius 3 is 2.62 bits per heavy atom. The second kappa shape index (κ2) is 7.90. The second-order valence-corrected chi connectivity index (χ2v) is 7.11. The lowest BCUT2D eigenvalue weighted by atomic mass is 9.86. The van der Waals surface area contributed by atoms with Crippen LogP contribution in [0.15, 0.2) is 53.0 Å². The van der Waals surface area contributed by atoms with Gasteiger partial charge in [-0.05, 0) is 52.5 Å². The van der Waals surface area contributed by atoms with E-state index in [1.165, 1.54) is 0 Å². The molecule has 0 radical (unpaired) electrons. The molecule has 1 fully saturated rings. The molecule has 2 aromatic carbocycles. The van der Waals surface area contributed by atoms with Crippen molar-refractivity contribution in [3.8, 4) is 0 Å². The van der Waals surface area contributed by atoms with Gasteiger partial charge in [0.2, 0.25) is 0 Å². The zero-order valence-electron chi connectivity index (χ0n) is 13.0. The normalized spacial score (nSPS) is 19.2. The largest absolute Gasteiger partial charge is 0.445 e. The number of anilines is 1. The van der Waals surface area contributed by atoms with E-state index in [-0.39, 0.29) is 12.1 Å². The monoisotopic (exact) mass is 408 g/mol. The third kappa shape index (κ3) is 4.65. The lowest BCUT2D eigenvalue weighted by Crippen LogP contribution is -2.49. The minimum Gasteiger partial charge on any atom is -0.445 e. The highest BCUT2D eigenvalue weighted by Gasteiger charge is 2.30. The molecule has 24 heavy (non-hydrogen) atoms. The molecule has 0 saturated heterocycles. The van der Waals surface area contributed by atoms with E-state index in [0.29, 0.717) is 17.7 Å². The molecule has 1 aliphatic carbocycles. The number of hydrogen-bond donors (Lipinski definition) is 2. The van der Waals surface area contributed by atoms with E-state index in [0.717, 1.165) is 28.6 Å². The Bertz CT molecular complexity index is 705. The van der Waals surface area contributed by atoms with Gasteiger partial charge < -0.3 is 15.4 Å². The van der Waals surface area contributed by atoms with Crippen LogP contribution in [0, 0.1) is 0 Å². The number of rotatable bonds is 5. The van der Waals surface area contributed by atoms with Crippen LogP contribution in [-0.4, -0.2) is 18.2 Å². The number of nitrogens with one attached hydrogen (secondary N) is 2. The zero-order chi connectivity index (χ0) is 16.9. The highest BCUT2D eigenvalue weighted by molar-refractivity contribution is 9.10. The first-order valence-electron chi connectivity index (χ1n) is 7.79. The van der Waals surface area contributed by atoms with Crippen molar-refractivity contribution in [3.63, 3.8) is 0 Å².